The number of nitrogens with one attached hydrogen (secondary N) is 1. The molecule has 1 fully saturated rings. The molecule has 0 bridgehead atoms. The zero-order chi connectivity index (χ0) is 17.6. The lowest BCUT2D eigenvalue weighted by Crippen LogP contribution is -2.45. The number of allylic oxidation sites excluding steroid dienone is 4. The smallest absolute Gasteiger partial charge is 0.347 e. The van der Waals surface area contributed by atoms with Crippen LogP contribution in [0.5, 0.6) is 0 Å². The van der Waals surface area contributed by atoms with Crippen molar-refractivity contribution in [2.75, 3.05) is 31.1 Å². The van der Waals surface area contributed by atoms with Crippen LogP contribution in [0.1, 0.15) is 6.92 Å². The first kappa shape index (κ1) is 16.8. The molecule has 0 aliphatic carbocycles. The summed E-state index contributed by atoms with van der Waals surface area (Å²) >= 11 is 0. The summed E-state index contributed by atoms with van der Waals surface area (Å²) in [5, 5.41) is 6.16. The van der Waals surface area contributed by atoms with Gasteiger partial charge in [-0.2, -0.15) is 5.10 Å². The van der Waals surface area contributed by atoms with Gasteiger partial charge in [0.25, 0.3) is 0 Å². The van der Waals surface area contributed by atoms with Crippen LogP contribution < -0.4 is 10.6 Å². The Bertz CT molecular complexity index is 820. The van der Waals surface area contributed by atoms with Gasteiger partial charge in [0.05, 0.1) is 5.69 Å². The van der Waals surface area contributed by atoms with E-state index in [1.807, 2.05) is 55.5 Å². The number of rotatable bonds is 5. The average Bonchev–Trinajstić information content (AvgIpc) is 3.08. The standard InChI is InChI=1S/C19H23N5O/c1-3-4-5-6-16(2)22-11-13-23(14-12-22)17-7-9-18(10-8-17)24-15-20-21-19(24)25/h3-10,15H,2,11-14H2,1H3,(H,21,25)/b4-3-,6-5-. The van der Waals surface area contributed by atoms with E-state index in [4.69, 9.17) is 0 Å². The zero-order valence-corrected chi connectivity index (χ0v) is 14.4. The summed E-state index contributed by atoms with van der Waals surface area (Å²) in [6, 6.07) is 7.98. The van der Waals surface area contributed by atoms with Crippen molar-refractivity contribution in [1.29, 1.82) is 0 Å². The Balaban J connectivity index is 1.61. The summed E-state index contributed by atoms with van der Waals surface area (Å²) < 4.78 is 1.49. The van der Waals surface area contributed by atoms with Crippen LogP contribution in [0.25, 0.3) is 5.69 Å². The van der Waals surface area contributed by atoms with E-state index in [-0.39, 0.29) is 5.69 Å². The highest BCUT2D eigenvalue weighted by molar-refractivity contribution is 5.51. The monoisotopic (exact) mass is 337 g/mol. The van der Waals surface area contributed by atoms with Crippen LogP contribution in [0, 0.1) is 0 Å². The summed E-state index contributed by atoms with van der Waals surface area (Å²) in [5.74, 6) is 0. The fraction of sp³-hybridized carbons (Fsp3) is 0.263. The van der Waals surface area contributed by atoms with E-state index in [1.54, 1.807) is 0 Å². The topological polar surface area (TPSA) is 57.2 Å². The van der Waals surface area contributed by atoms with E-state index in [0.717, 1.165) is 43.3 Å². The lowest BCUT2D eigenvalue weighted by Gasteiger charge is -2.37. The van der Waals surface area contributed by atoms with Gasteiger partial charge in [0.2, 0.25) is 0 Å². The third-order valence-corrected chi connectivity index (χ3v) is 4.32. The number of benzene rings is 1. The van der Waals surface area contributed by atoms with Crippen LogP contribution in [-0.4, -0.2) is 45.8 Å². The number of hydrogen-bond donors (Lipinski definition) is 1. The van der Waals surface area contributed by atoms with Crippen molar-refractivity contribution in [3.63, 3.8) is 0 Å². The highest BCUT2D eigenvalue weighted by Crippen LogP contribution is 2.19. The van der Waals surface area contributed by atoms with Gasteiger partial charge in [-0.15, -0.1) is 0 Å². The van der Waals surface area contributed by atoms with E-state index in [0.29, 0.717) is 0 Å². The molecule has 1 saturated heterocycles. The molecule has 1 aromatic carbocycles. The molecule has 1 aliphatic heterocycles. The van der Waals surface area contributed by atoms with E-state index >= 15 is 0 Å². The Labute approximate surface area is 147 Å². The Hall–Kier alpha value is -3.02. The molecule has 6 nitrogen and oxygen atoms in total. The SMILES string of the molecule is C=C(/C=C\C=C/C)N1CCN(c2ccc(-n3cn[nH]c3=O)cc2)CC1. The summed E-state index contributed by atoms with van der Waals surface area (Å²) in [7, 11) is 0. The number of nitrogens with zero attached hydrogens (tertiary/aromatic N) is 4. The first-order valence-corrected chi connectivity index (χ1v) is 8.39. The van der Waals surface area contributed by atoms with Gasteiger partial charge in [0, 0.05) is 37.6 Å². The first-order valence-electron chi connectivity index (χ1n) is 8.39. The van der Waals surface area contributed by atoms with Crippen molar-refractivity contribution >= 4 is 5.69 Å². The average molecular weight is 337 g/mol. The van der Waals surface area contributed by atoms with Crippen molar-refractivity contribution < 1.29 is 0 Å². The van der Waals surface area contributed by atoms with Crippen LogP contribution in [0.4, 0.5) is 5.69 Å². The quantitative estimate of drug-likeness (QED) is 0.851. The molecule has 0 spiro atoms. The number of aromatic nitrogens is 3. The molecule has 2 heterocycles. The molecule has 0 atom stereocenters. The fourth-order valence-corrected chi connectivity index (χ4v) is 2.89. The number of aromatic amines is 1. The number of piperazine rings is 1. The molecule has 25 heavy (non-hydrogen) atoms. The second-order valence-electron chi connectivity index (χ2n) is 5.90. The van der Waals surface area contributed by atoms with Crippen LogP contribution in [0.2, 0.25) is 0 Å². The summed E-state index contributed by atoms with van der Waals surface area (Å²) in [4.78, 5) is 16.3. The van der Waals surface area contributed by atoms with Gasteiger partial charge >= 0.3 is 5.69 Å². The third-order valence-electron chi connectivity index (χ3n) is 4.32. The number of H-pyrrole nitrogens is 1. The molecular formula is C19H23N5O. The molecule has 3 rings (SSSR count). The van der Waals surface area contributed by atoms with Crippen molar-refractivity contribution in [2.24, 2.45) is 0 Å². The zero-order valence-electron chi connectivity index (χ0n) is 14.4. The maximum atomic E-state index is 11.6. The maximum Gasteiger partial charge on any atom is 0.347 e. The minimum Gasteiger partial charge on any atom is -0.368 e. The lowest BCUT2D eigenvalue weighted by atomic mass is 10.2. The molecule has 1 aromatic heterocycles. The number of hydrogen-bond acceptors (Lipinski definition) is 4. The van der Waals surface area contributed by atoms with E-state index in [2.05, 4.69) is 26.6 Å². The third kappa shape index (κ3) is 3.91. The predicted octanol–water partition coefficient (Wildman–Crippen LogP) is 2.33. The van der Waals surface area contributed by atoms with Crippen LogP contribution >= 0.6 is 0 Å². The molecule has 6 heteroatoms. The van der Waals surface area contributed by atoms with E-state index in [9.17, 15) is 4.79 Å². The lowest BCUT2D eigenvalue weighted by molar-refractivity contribution is 0.331. The fourth-order valence-electron chi connectivity index (χ4n) is 2.89. The van der Waals surface area contributed by atoms with E-state index < -0.39 is 0 Å². The predicted molar refractivity (Wildman–Crippen MR) is 101 cm³/mol. The molecule has 1 N–H and O–H groups in total. The Kier molecular flexibility index (Phi) is 5.18. The molecule has 0 saturated carbocycles. The minimum atomic E-state index is -0.231. The first-order chi connectivity index (χ1) is 12.2. The minimum absolute atomic E-state index is 0.231. The Morgan fingerprint density at radius 2 is 1.80 bits per heavy atom. The van der Waals surface area contributed by atoms with E-state index in [1.165, 1.54) is 10.9 Å². The van der Waals surface area contributed by atoms with Gasteiger partial charge < -0.3 is 9.80 Å². The highest BCUT2D eigenvalue weighted by atomic mass is 16.1. The van der Waals surface area contributed by atoms with Crippen LogP contribution in [0.3, 0.4) is 0 Å². The van der Waals surface area contributed by atoms with Gasteiger partial charge in [-0.1, -0.05) is 24.8 Å². The Morgan fingerprint density at radius 3 is 2.40 bits per heavy atom. The second kappa shape index (κ2) is 7.70. The van der Waals surface area contributed by atoms with Gasteiger partial charge in [-0.05, 0) is 37.3 Å². The van der Waals surface area contributed by atoms with Crippen molar-refractivity contribution in [3.05, 3.63) is 77.7 Å². The van der Waals surface area contributed by atoms with Gasteiger partial charge in [-0.25, -0.2) is 14.5 Å². The normalized spacial score (nSPS) is 15.4. The Morgan fingerprint density at radius 1 is 1.12 bits per heavy atom. The molecule has 0 amide bonds. The molecule has 130 valence electrons. The second-order valence-corrected chi connectivity index (χ2v) is 5.90. The van der Waals surface area contributed by atoms with Crippen molar-refractivity contribution in [1.82, 2.24) is 19.7 Å². The van der Waals surface area contributed by atoms with Crippen LogP contribution in [0.15, 0.2) is 72.0 Å². The maximum absolute atomic E-state index is 11.6. The molecule has 0 radical (unpaired) electrons. The van der Waals surface area contributed by atoms with Crippen molar-refractivity contribution in [2.45, 2.75) is 6.92 Å². The molecule has 1 aliphatic rings. The largest absolute Gasteiger partial charge is 0.368 e. The van der Waals surface area contributed by atoms with Gasteiger partial charge in [0.15, 0.2) is 0 Å². The van der Waals surface area contributed by atoms with Gasteiger partial charge in [0.1, 0.15) is 6.33 Å². The molecular weight excluding hydrogens is 314 g/mol. The van der Waals surface area contributed by atoms with Crippen molar-refractivity contribution in [3.8, 4) is 5.69 Å². The number of anilines is 1. The molecule has 0 unspecified atom stereocenters. The highest BCUT2D eigenvalue weighted by Gasteiger charge is 2.17. The molecule has 2 aromatic rings. The van der Waals surface area contributed by atoms with Gasteiger partial charge in [-0.3, -0.25) is 0 Å². The van der Waals surface area contributed by atoms with Crippen LogP contribution in [-0.2, 0) is 0 Å². The summed E-state index contributed by atoms with van der Waals surface area (Å²) in [6.45, 7) is 9.93. The summed E-state index contributed by atoms with van der Waals surface area (Å²) in [6.07, 6.45) is 9.57. The summed E-state index contributed by atoms with van der Waals surface area (Å²) in [5.41, 5.74) is 2.79.